The number of anilines is 2. The van der Waals surface area contributed by atoms with Gasteiger partial charge in [-0.2, -0.15) is 13.2 Å². The minimum Gasteiger partial charge on any atom is -0.475 e. The number of carboxylic acid groups (broad SMARTS) is 1. The van der Waals surface area contributed by atoms with Gasteiger partial charge in [0, 0.05) is 23.1 Å². The standard InChI is InChI=1S/C15H11ClN6O3.C2HF3O2/c16-10-4-1-5-11(7-10)18-13(20-24)12-14(22-25-21-12)19-15(23)9-3-2-6-17-8-9;3-2(4,5)1(6)7/h1-8,24H,(H,18,20)(H,19,22,23);(H,6,7). The lowest BCUT2D eigenvalue weighted by atomic mass is 10.2. The van der Waals surface area contributed by atoms with Crippen LogP contribution >= 0.6 is 11.6 Å². The first-order valence-corrected chi connectivity index (χ1v) is 8.58. The number of hydrogen-bond donors (Lipinski definition) is 4. The zero-order chi connectivity index (χ0) is 23.7. The molecule has 32 heavy (non-hydrogen) atoms. The van der Waals surface area contributed by atoms with Crippen LogP contribution in [0.15, 0.2) is 58.6 Å². The second kappa shape index (κ2) is 10.7. The SMILES string of the molecule is O=C(Nc1nonc1/C(=N\O)Nc1cccc(Cl)c1)c1cccnc1.O=C(O)C(F)(F)F. The molecule has 1 aromatic carbocycles. The van der Waals surface area contributed by atoms with Crippen molar-refractivity contribution in [3.8, 4) is 0 Å². The van der Waals surface area contributed by atoms with Gasteiger partial charge in [0.1, 0.15) is 0 Å². The van der Waals surface area contributed by atoms with Crippen molar-refractivity contribution in [1.29, 1.82) is 0 Å². The van der Waals surface area contributed by atoms with Crippen LogP contribution in [-0.2, 0) is 4.79 Å². The molecule has 1 amide bonds. The third-order valence-corrected chi connectivity index (χ3v) is 3.53. The van der Waals surface area contributed by atoms with Crippen molar-refractivity contribution in [3.05, 3.63) is 65.1 Å². The zero-order valence-electron chi connectivity index (χ0n) is 15.5. The van der Waals surface area contributed by atoms with E-state index in [-0.39, 0.29) is 17.3 Å². The van der Waals surface area contributed by atoms with E-state index < -0.39 is 18.1 Å². The first-order valence-electron chi connectivity index (χ1n) is 8.21. The highest BCUT2D eigenvalue weighted by molar-refractivity contribution is 6.31. The first kappa shape index (κ1) is 24.1. The fraction of sp³-hybridized carbons (Fsp3) is 0.0588. The smallest absolute Gasteiger partial charge is 0.475 e. The minimum atomic E-state index is -5.08. The predicted octanol–water partition coefficient (Wildman–Crippen LogP) is 3.25. The average Bonchev–Trinajstić information content (AvgIpc) is 3.20. The number of oxime groups is 1. The molecule has 3 rings (SSSR count). The summed E-state index contributed by atoms with van der Waals surface area (Å²) in [5.41, 5.74) is 0.884. The molecular weight excluding hydrogens is 461 g/mol. The molecule has 0 aliphatic rings. The number of aliphatic carboxylic acids is 1. The number of hydrogen-bond acceptors (Lipinski definition) is 8. The molecule has 0 saturated heterocycles. The van der Waals surface area contributed by atoms with Gasteiger partial charge in [0.15, 0.2) is 5.69 Å². The second-order valence-electron chi connectivity index (χ2n) is 5.54. The molecular formula is C17H12ClF3N6O5. The third-order valence-electron chi connectivity index (χ3n) is 3.30. The molecule has 0 aliphatic carbocycles. The van der Waals surface area contributed by atoms with Crippen molar-refractivity contribution in [2.45, 2.75) is 6.18 Å². The number of carboxylic acids is 1. The van der Waals surface area contributed by atoms with Crippen molar-refractivity contribution in [1.82, 2.24) is 15.3 Å². The van der Waals surface area contributed by atoms with Gasteiger partial charge in [-0.1, -0.05) is 22.8 Å². The normalized spacial score (nSPS) is 11.2. The van der Waals surface area contributed by atoms with Gasteiger partial charge < -0.3 is 20.9 Å². The molecule has 0 aliphatic heterocycles. The van der Waals surface area contributed by atoms with Crippen molar-refractivity contribution >= 4 is 40.8 Å². The Bertz CT molecular complexity index is 1110. The van der Waals surface area contributed by atoms with Crippen LogP contribution in [0.2, 0.25) is 5.02 Å². The molecule has 0 bridgehead atoms. The Morgan fingerprint density at radius 2 is 1.84 bits per heavy atom. The molecule has 3 aromatic rings. The Labute approximate surface area is 181 Å². The van der Waals surface area contributed by atoms with Crippen LogP contribution in [0.1, 0.15) is 16.1 Å². The second-order valence-corrected chi connectivity index (χ2v) is 5.98. The third kappa shape index (κ3) is 6.94. The highest BCUT2D eigenvalue weighted by atomic mass is 35.5. The number of carbonyl (C=O) groups is 2. The lowest BCUT2D eigenvalue weighted by Gasteiger charge is -2.07. The monoisotopic (exact) mass is 472 g/mol. The fourth-order valence-electron chi connectivity index (χ4n) is 1.94. The average molecular weight is 473 g/mol. The lowest BCUT2D eigenvalue weighted by molar-refractivity contribution is -0.192. The van der Waals surface area contributed by atoms with Crippen LogP contribution in [0.4, 0.5) is 24.7 Å². The van der Waals surface area contributed by atoms with Crippen LogP contribution in [0.5, 0.6) is 0 Å². The molecule has 168 valence electrons. The number of nitrogens with zero attached hydrogens (tertiary/aromatic N) is 4. The summed E-state index contributed by atoms with van der Waals surface area (Å²) in [6.07, 6.45) is -2.14. The lowest BCUT2D eigenvalue weighted by Crippen LogP contribution is -2.21. The predicted molar refractivity (Wildman–Crippen MR) is 104 cm³/mol. The summed E-state index contributed by atoms with van der Waals surface area (Å²) < 4.78 is 36.4. The molecule has 15 heteroatoms. The molecule has 0 fully saturated rings. The van der Waals surface area contributed by atoms with E-state index in [1.807, 2.05) is 0 Å². The summed E-state index contributed by atoms with van der Waals surface area (Å²) in [6, 6.07) is 9.94. The zero-order valence-corrected chi connectivity index (χ0v) is 16.3. The van der Waals surface area contributed by atoms with Crippen molar-refractivity contribution in [2.75, 3.05) is 10.6 Å². The Balaban J connectivity index is 0.000000451. The Morgan fingerprint density at radius 1 is 1.12 bits per heavy atom. The van der Waals surface area contributed by atoms with Gasteiger partial charge in [0.2, 0.25) is 11.7 Å². The summed E-state index contributed by atoms with van der Waals surface area (Å²) in [7, 11) is 0. The van der Waals surface area contributed by atoms with Crippen molar-refractivity contribution in [2.24, 2.45) is 5.16 Å². The number of alkyl halides is 3. The van der Waals surface area contributed by atoms with Crippen LogP contribution in [0, 0.1) is 0 Å². The van der Waals surface area contributed by atoms with E-state index in [0.717, 1.165) is 0 Å². The van der Waals surface area contributed by atoms with Gasteiger partial charge in [-0.05, 0) is 40.6 Å². The minimum absolute atomic E-state index is 0.0136. The molecule has 0 saturated carbocycles. The topological polar surface area (TPSA) is 163 Å². The van der Waals surface area contributed by atoms with E-state index in [1.54, 1.807) is 42.6 Å². The van der Waals surface area contributed by atoms with Gasteiger partial charge in [-0.15, -0.1) is 0 Å². The molecule has 0 atom stereocenters. The number of rotatable bonds is 4. The summed E-state index contributed by atoms with van der Waals surface area (Å²) >= 11 is 5.91. The Morgan fingerprint density at radius 3 is 2.41 bits per heavy atom. The number of nitrogens with one attached hydrogen (secondary N) is 2. The van der Waals surface area contributed by atoms with Crippen molar-refractivity contribution < 1.29 is 37.7 Å². The van der Waals surface area contributed by atoms with Gasteiger partial charge in [0.25, 0.3) is 5.91 Å². The Hall–Kier alpha value is -4.20. The number of amidine groups is 1. The highest BCUT2D eigenvalue weighted by Crippen LogP contribution is 2.18. The highest BCUT2D eigenvalue weighted by Gasteiger charge is 2.38. The molecule has 2 aromatic heterocycles. The van der Waals surface area contributed by atoms with E-state index >= 15 is 0 Å². The molecule has 0 unspecified atom stereocenters. The molecule has 4 N–H and O–H groups in total. The maximum Gasteiger partial charge on any atom is 0.490 e. The van der Waals surface area contributed by atoms with E-state index in [1.165, 1.54) is 6.20 Å². The number of amides is 1. The number of carbonyl (C=O) groups excluding carboxylic acids is 1. The summed E-state index contributed by atoms with van der Waals surface area (Å²) in [5.74, 6) is -3.32. The van der Waals surface area contributed by atoms with Gasteiger partial charge in [0.05, 0.1) is 5.56 Å². The van der Waals surface area contributed by atoms with Crippen molar-refractivity contribution in [3.63, 3.8) is 0 Å². The summed E-state index contributed by atoms with van der Waals surface area (Å²) in [6.45, 7) is 0. The fourth-order valence-corrected chi connectivity index (χ4v) is 2.13. The number of aromatic nitrogens is 3. The van der Waals surface area contributed by atoms with E-state index in [0.29, 0.717) is 16.3 Å². The first-order chi connectivity index (χ1) is 15.1. The quantitative estimate of drug-likeness (QED) is 0.193. The summed E-state index contributed by atoms with van der Waals surface area (Å²) in [5, 5.41) is 32.6. The number of halogens is 4. The van der Waals surface area contributed by atoms with Crippen LogP contribution in [0.3, 0.4) is 0 Å². The van der Waals surface area contributed by atoms with Crippen LogP contribution < -0.4 is 10.6 Å². The molecule has 11 nitrogen and oxygen atoms in total. The number of benzene rings is 1. The van der Waals surface area contributed by atoms with E-state index in [4.69, 9.17) is 21.5 Å². The largest absolute Gasteiger partial charge is 0.490 e. The van der Waals surface area contributed by atoms with E-state index in [9.17, 15) is 23.2 Å². The molecule has 0 spiro atoms. The maximum absolute atomic E-state index is 12.2. The number of pyridine rings is 1. The van der Waals surface area contributed by atoms with Crippen LogP contribution in [-0.4, -0.2) is 49.5 Å². The van der Waals surface area contributed by atoms with Gasteiger partial charge in [-0.3, -0.25) is 9.78 Å². The Kier molecular flexibility index (Phi) is 8.06. The van der Waals surface area contributed by atoms with E-state index in [2.05, 4.69) is 35.7 Å². The molecule has 0 radical (unpaired) electrons. The molecule has 2 heterocycles. The summed E-state index contributed by atoms with van der Waals surface area (Å²) in [4.78, 5) is 24.9. The van der Waals surface area contributed by atoms with Crippen LogP contribution in [0.25, 0.3) is 0 Å². The maximum atomic E-state index is 12.2. The van der Waals surface area contributed by atoms with Gasteiger partial charge in [-0.25, -0.2) is 9.42 Å². The van der Waals surface area contributed by atoms with Gasteiger partial charge >= 0.3 is 12.1 Å².